The van der Waals surface area contributed by atoms with E-state index in [2.05, 4.69) is 4.98 Å². The van der Waals surface area contributed by atoms with Crippen molar-refractivity contribution in [2.45, 2.75) is 12.8 Å². The minimum atomic E-state index is -0.0481. The first-order chi connectivity index (χ1) is 7.74. The molecule has 0 fully saturated rings. The van der Waals surface area contributed by atoms with Gasteiger partial charge in [-0.1, -0.05) is 0 Å². The van der Waals surface area contributed by atoms with Crippen LogP contribution in [-0.2, 0) is 46.2 Å². The molecule has 1 N–H and O–H groups in total. The maximum Gasteiger partial charge on any atom is 0.255 e. The molecule has 0 saturated heterocycles. The van der Waals surface area contributed by atoms with Gasteiger partial charge in [-0.25, -0.2) is 11.6 Å². The van der Waals surface area contributed by atoms with Crippen LogP contribution in [0.1, 0.15) is 12.0 Å². The predicted octanol–water partition coefficient (Wildman–Crippen LogP) is 1.40. The molecule has 1 radical (unpaired) electrons. The Kier molecular flexibility index (Phi) is 5.44. The van der Waals surface area contributed by atoms with Crippen molar-refractivity contribution < 1.29 is 37.8 Å². The number of hydrogen-bond acceptors (Lipinski definition) is 3. The minimum Gasteiger partial charge on any atom is -0.566 e. The molecule has 5 heteroatoms. The van der Waals surface area contributed by atoms with Gasteiger partial charge in [0.2, 0.25) is 0 Å². The Morgan fingerprint density at radius 3 is 3.00 bits per heavy atom. The number of nitrogens with zero attached hydrogens (tertiary/aromatic N) is 2. The first kappa shape index (κ1) is 14.5. The summed E-state index contributed by atoms with van der Waals surface area (Å²) < 4.78 is 1.54. The summed E-state index contributed by atoms with van der Waals surface area (Å²) in [7, 11) is 1.71. The zero-order chi connectivity index (χ0) is 11.5. The first-order valence-corrected chi connectivity index (χ1v) is 5.13. The summed E-state index contributed by atoms with van der Waals surface area (Å²) in [6, 6.07) is 5.61. The quantitative estimate of drug-likeness (QED) is 0.872. The van der Waals surface area contributed by atoms with E-state index in [0.717, 1.165) is 12.0 Å². The third kappa shape index (κ3) is 3.00. The van der Waals surface area contributed by atoms with Gasteiger partial charge in [-0.2, -0.15) is 6.42 Å². The molecule has 0 saturated carbocycles. The van der Waals surface area contributed by atoms with Gasteiger partial charge in [0.05, 0.1) is 0 Å². The van der Waals surface area contributed by atoms with E-state index in [9.17, 15) is 4.79 Å². The van der Waals surface area contributed by atoms with Crippen LogP contribution in [0.2, 0.25) is 0 Å². The average molecular weight is 306 g/mol. The minimum absolute atomic E-state index is 0. The van der Waals surface area contributed by atoms with E-state index in [4.69, 9.17) is 5.11 Å². The summed E-state index contributed by atoms with van der Waals surface area (Å²) in [5.41, 5.74) is 1.34. The molecule has 2 aromatic rings. The average Bonchev–Trinajstić information content (AvgIpc) is 2.32. The summed E-state index contributed by atoms with van der Waals surface area (Å²) in [5.74, 6) is 0. The van der Waals surface area contributed by atoms with E-state index in [1.54, 1.807) is 17.8 Å². The Morgan fingerprint density at radius 2 is 2.29 bits per heavy atom. The van der Waals surface area contributed by atoms with Gasteiger partial charge in [0.1, 0.15) is 5.65 Å². The molecule has 0 unspecified atom stereocenters. The molecule has 4 nitrogen and oxygen atoms in total. The smallest absolute Gasteiger partial charge is 0.255 e. The zero-order valence-electron chi connectivity index (χ0n) is 9.63. The Hall–Kier alpha value is -0.576. The number of aliphatic hydroxyl groups excluding tert-OH is 1. The molecule has 2 aromatic heterocycles. The second-order valence-electron chi connectivity index (χ2n) is 3.67. The number of aryl methyl sites for hydroxylation is 2. The summed E-state index contributed by atoms with van der Waals surface area (Å²) in [5, 5.41) is 9.60. The maximum atomic E-state index is 11.9. The summed E-state index contributed by atoms with van der Waals surface area (Å²) in [6.45, 7) is 1.08. The van der Waals surface area contributed by atoms with Crippen molar-refractivity contribution >= 4 is 11.0 Å². The van der Waals surface area contributed by atoms with Gasteiger partial charge in [0.15, 0.2) is 0 Å². The largest absolute Gasteiger partial charge is 0.566 e. The van der Waals surface area contributed by atoms with Gasteiger partial charge in [0.25, 0.3) is 5.56 Å². The number of aliphatic hydroxyl groups is 1. The fraction of sp³-hybridized carbons (Fsp3) is 0.250. The van der Waals surface area contributed by atoms with Crippen molar-refractivity contribution in [1.29, 1.82) is 0 Å². The molecule has 2 heterocycles. The standard InChI is InChI=1S/C12H13N2O2.Y/c1-14-11-9(4-2-6-13-11)8-10(12(14)16)5-3-7-15;/h2,4,6-8,15H,3,5H2,1H3;/q-1;. The number of pyridine rings is 2. The molecule has 0 bridgehead atoms. The van der Waals surface area contributed by atoms with Gasteiger partial charge in [-0.3, -0.25) is 9.36 Å². The number of rotatable bonds is 3. The van der Waals surface area contributed by atoms with Crippen molar-refractivity contribution in [2.24, 2.45) is 7.05 Å². The van der Waals surface area contributed by atoms with E-state index in [1.165, 1.54) is 0 Å². The molecule has 17 heavy (non-hydrogen) atoms. The third-order valence-electron chi connectivity index (χ3n) is 2.59. The normalized spacial score (nSPS) is 10.2. The van der Waals surface area contributed by atoms with Crippen LogP contribution in [0.3, 0.4) is 0 Å². The van der Waals surface area contributed by atoms with Crippen LogP contribution >= 0.6 is 0 Å². The second kappa shape index (κ2) is 6.38. The molecule has 0 aliphatic rings. The van der Waals surface area contributed by atoms with Crippen molar-refractivity contribution in [2.75, 3.05) is 0 Å². The third-order valence-corrected chi connectivity index (χ3v) is 2.59. The molecule has 0 aromatic carbocycles. The van der Waals surface area contributed by atoms with Gasteiger partial charge in [0, 0.05) is 56.9 Å². The Bertz CT molecular complexity index is 566. The SMILES string of the molecule is Cn1c(=O)c(CC[CH-]O)cc2cccnc21.[Y]. The van der Waals surface area contributed by atoms with Crippen LogP contribution in [0.15, 0.2) is 29.2 Å². The molecule has 0 amide bonds. The Balaban J connectivity index is 0.00000144. The van der Waals surface area contributed by atoms with Crippen molar-refractivity contribution in [1.82, 2.24) is 9.55 Å². The Labute approximate surface area is 125 Å². The molecule has 0 aliphatic heterocycles. The van der Waals surface area contributed by atoms with Crippen LogP contribution in [0.5, 0.6) is 0 Å². The van der Waals surface area contributed by atoms with Gasteiger partial charge >= 0.3 is 0 Å². The molecular weight excluding hydrogens is 293 g/mol. The van der Waals surface area contributed by atoms with Gasteiger partial charge < -0.3 is 5.11 Å². The van der Waals surface area contributed by atoms with E-state index in [0.29, 0.717) is 24.1 Å². The summed E-state index contributed by atoms with van der Waals surface area (Å²) in [4.78, 5) is 16.1. The van der Waals surface area contributed by atoms with Crippen molar-refractivity contribution in [3.63, 3.8) is 0 Å². The van der Waals surface area contributed by atoms with Crippen molar-refractivity contribution in [3.8, 4) is 0 Å². The second-order valence-corrected chi connectivity index (χ2v) is 3.67. The predicted molar refractivity (Wildman–Crippen MR) is 61.5 cm³/mol. The van der Waals surface area contributed by atoms with Crippen LogP contribution in [0.25, 0.3) is 11.0 Å². The van der Waals surface area contributed by atoms with Gasteiger partial charge in [-0.05, 0) is 24.6 Å². The number of fused-ring (bicyclic) bond motifs is 1. The van der Waals surface area contributed by atoms with E-state index in [1.807, 2.05) is 18.2 Å². The Morgan fingerprint density at radius 1 is 1.53 bits per heavy atom. The van der Waals surface area contributed by atoms with Crippen molar-refractivity contribution in [3.05, 3.63) is 46.9 Å². The molecule has 0 aliphatic carbocycles. The molecular formula is C12H13N2O2Y-. The van der Waals surface area contributed by atoms with E-state index >= 15 is 0 Å². The van der Waals surface area contributed by atoms with Gasteiger partial charge in [-0.15, -0.1) is 0 Å². The molecule has 87 valence electrons. The van der Waals surface area contributed by atoms with Crippen LogP contribution < -0.4 is 5.56 Å². The molecule has 2 rings (SSSR count). The van der Waals surface area contributed by atoms with Crippen LogP contribution in [0, 0.1) is 6.61 Å². The first-order valence-electron chi connectivity index (χ1n) is 5.13. The zero-order valence-corrected chi connectivity index (χ0v) is 12.5. The summed E-state index contributed by atoms with van der Waals surface area (Å²) in [6.07, 6.45) is 2.71. The molecule has 0 atom stereocenters. The number of aromatic nitrogens is 2. The maximum absolute atomic E-state index is 11.9. The van der Waals surface area contributed by atoms with Crippen LogP contribution in [0.4, 0.5) is 0 Å². The molecule has 0 spiro atoms. The van der Waals surface area contributed by atoms with E-state index in [-0.39, 0.29) is 38.3 Å². The fourth-order valence-electron chi connectivity index (χ4n) is 1.76. The number of hydrogen-bond donors (Lipinski definition) is 1. The fourth-order valence-corrected chi connectivity index (χ4v) is 1.76. The monoisotopic (exact) mass is 306 g/mol. The summed E-state index contributed by atoms with van der Waals surface area (Å²) >= 11 is 0. The topological polar surface area (TPSA) is 55.1 Å². The van der Waals surface area contributed by atoms with E-state index < -0.39 is 0 Å². The van der Waals surface area contributed by atoms with Crippen LogP contribution in [-0.4, -0.2) is 14.7 Å².